The van der Waals surface area contributed by atoms with Crippen LogP contribution in [0.2, 0.25) is 0 Å². The highest BCUT2D eigenvalue weighted by atomic mass is 32.2. The molecular formula is C14H25NOS3. The molecule has 3 unspecified atom stereocenters. The van der Waals surface area contributed by atoms with Crippen molar-refractivity contribution < 1.29 is 4.74 Å². The van der Waals surface area contributed by atoms with Crippen molar-refractivity contribution in [2.24, 2.45) is 11.7 Å². The second-order valence-electron chi connectivity index (χ2n) is 5.96. The van der Waals surface area contributed by atoms with E-state index >= 15 is 0 Å². The van der Waals surface area contributed by atoms with Gasteiger partial charge in [0.15, 0.2) is 0 Å². The third kappa shape index (κ3) is 3.60. The molecule has 3 fully saturated rings. The van der Waals surface area contributed by atoms with Gasteiger partial charge in [0.25, 0.3) is 0 Å². The first-order valence-corrected chi connectivity index (χ1v) is 10.8. The lowest BCUT2D eigenvalue weighted by molar-refractivity contribution is -0.105. The average molecular weight is 320 g/mol. The minimum atomic E-state index is 0.193. The van der Waals surface area contributed by atoms with Crippen molar-refractivity contribution in [1.29, 1.82) is 0 Å². The van der Waals surface area contributed by atoms with E-state index < -0.39 is 0 Å². The molecule has 0 saturated carbocycles. The van der Waals surface area contributed by atoms with Crippen molar-refractivity contribution in [3.63, 3.8) is 0 Å². The van der Waals surface area contributed by atoms with Gasteiger partial charge in [0, 0.05) is 35.2 Å². The first kappa shape index (κ1) is 14.9. The van der Waals surface area contributed by atoms with Crippen LogP contribution in [0.4, 0.5) is 0 Å². The van der Waals surface area contributed by atoms with Gasteiger partial charge < -0.3 is 10.5 Å². The van der Waals surface area contributed by atoms with Gasteiger partial charge >= 0.3 is 0 Å². The van der Waals surface area contributed by atoms with Crippen LogP contribution in [0.5, 0.6) is 0 Å². The van der Waals surface area contributed by atoms with E-state index in [1.165, 1.54) is 54.4 Å². The van der Waals surface area contributed by atoms with E-state index in [-0.39, 0.29) is 5.60 Å². The average Bonchev–Trinajstić information content (AvgIpc) is 2.48. The van der Waals surface area contributed by atoms with E-state index in [4.69, 9.17) is 10.5 Å². The van der Waals surface area contributed by atoms with E-state index in [9.17, 15) is 0 Å². The molecule has 2 N–H and O–H groups in total. The van der Waals surface area contributed by atoms with Gasteiger partial charge in [0.05, 0.1) is 5.60 Å². The smallest absolute Gasteiger partial charge is 0.0701 e. The maximum absolute atomic E-state index is 6.62. The van der Waals surface area contributed by atoms with Crippen LogP contribution < -0.4 is 5.73 Å². The van der Waals surface area contributed by atoms with Gasteiger partial charge in [-0.1, -0.05) is 0 Å². The molecule has 3 rings (SSSR count). The summed E-state index contributed by atoms with van der Waals surface area (Å²) in [4.78, 5) is 0. The molecule has 3 aliphatic heterocycles. The summed E-state index contributed by atoms with van der Waals surface area (Å²) in [7, 11) is 0. The Hall–Kier alpha value is 0.970. The Morgan fingerprint density at radius 2 is 1.95 bits per heavy atom. The number of hydrogen-bond acceptors (Lipinski definition) is 5. The SMILES string of the molecule is NC(C1CCOC2(CCSCC2)C1)C1CSCCS1. The van der Waals surface area contributed by atoms with Gasteiger partial charge in [-0.05, 0) is 43.1 Å². The quantitative estimate of drug-likeness (QED) is 0.847. The second kappa shape index (κ2) is 6.82. The summed E-state index contributed by atoms with van der Waals surface area (Å²) in [6, 6.07) is 0.383. The maximum Gasteiger partial charge on any atom is 0.0701 e. The van der Waals surface area contributed by atoms with Gasteiger partial charge in [-0.3, -0.25) is 0 Å². The molecule has 0 aromatic rings. The number of rotatable bonds is 2. The lowest BCUT2D eigenvalue weighted by Gasteiger charge is -2.46. The van der Waals surface area contributed by atoms with E-state index in [1.54, 1.807) is 0 Å². The van der Waals surface area contributed by atoms with Crippen molar-refractivity contribution in [2.45, 2.75) is 42.6 Å². The molecule has 0 amide bonds. The monoisotopic (exact) mass is 319 g/mol. The van der Waals surface area contributed by atoms with Crippen molar-refractivity contribution in [3.05, 3.63) is 0 Å². The van der Waals surface area contributed by atoms with Gasteiger partial charge in [0.2, 0.25) is 0 Å². The molecule has 0 aliphatic carbocycles. The first-order chi connectivity index (χ1) is 9.29. The number of nitrogens with two attached hydrogens (primary N) is 1. The van der Waals surface area contributed by atoms with E-state index in [2.05, 4.69) is 35.3 Å². The highest BCUT2D eigenvalue weighted by molar-refractivity contribution is 8.06. The Morgan fingerprint density at radius 3 is 2.68 bits per heavy atom. The highest BCUT2D eigenvalue weighted by Gasteiger charge is 2.41. The van der Waals surface area contributed by atoms with Crippen molar-refractivity contribution in [3.8, 4) is 0 Å². The molecule has 3 atom stereocenters. The lowest BCUT2D eigenvalue weighted by Crippen LogP contribution is -2.50. The summed E-state index contributed by atoms with van der Waals surface area (Å²) in [5.41, 5.74) is 6.81. The van der Waals surface area contributed by atoms with Crippen LogP contribution in [0.25, 0.3) is 0 Å². The molecule has 110 valence electrons. The van der Waals surface area contributed by atoms with Gasteiger partial charge in [0.1, 0.15) is 0 Å². The normalized spacial score (nSPS) is 37.1. The van der Waals surface area contributed by atoms with Crippen molar-refractivity contribution in [2.75, 3.05) is 35.4 Å². The van der Waals surface area contributed by atoms with E-state index in [0.717, 1.165) is 6.61 Å². The van der Waals surface area contributed by atoms with Crippen LogP contribution in [-0.2, 0) is 4.74 Å². The molecule has 3 aliphatic rings. The summed E-state index contributed by atoms with van der Waals surface area (Å²) >= 11 is 6.28. The minimum Gasteiger partial charge on any atom is -0.375 e. The zero-order valence-corrected chi connectivity index (χ0v) is 14.0. The van der Waals surface area contributed by atoms with Crippen LogP contribution in [0.15, 0.2) is 0 Å². The Labute approximate surface area is 129 Å². The summed E-state index contributed by atoms with van der Waals surface area (Å²) < 4.78 is 6.19. The number of thioether (sulfide) groups is 3. The van der Waals surface area contributed by atoms with Gasteiger partial charge in [-0.15, -0.1) is 0 Å². The minimum absolute atomic E-state index is 0.193. The Bertz CT molecular complexity index is 285. The number of hydrogen-bond donors (Lipinski definition) is 1. The Morgan fingerprint density at radius 1 is 1.11 bits per heavy atom. The molecule has 0 aromatic carbocycles. The highest BCUT2D eigenvalue weighted by Crippen LogP contribution is 2.42. The third-order valence-electron chi connectivity index (χ3n) is 4.75. The first-order valence-electron chi connectivity index (χ1n) is 7.46. The maximum atomic E-state index is 6.62. The molecular weight excluding hydrogens is 294 g/mol. The van der Waals surface area contributed by atoms with E-state index in [1.807, 2.05) is 0 Å². The summed E-state index contributed by atoms with van der Waals surface area (Å²) in [6.45, 7) is 0.938. The molecule has 3 heterocycles. The third-order valence-corrected chi connectivity index (χ3v) is 8.64. The predicted molar refractivity (Wildman–Crippen MR) is 89.5 cm³/mol. The molecule has 3 saturated heterocycles. The second-order valence-corrected chi connectivity index (χ2v) is 9.68. The molecule has 1 spiro atoms. The Balaban J connectivity index is 1.60. The zero-order valence-electron chi connectivity index (χ0n) is 11.5. The van der Waals surface area contributed by atoms with Crippen LogP contribution in [0.1, 0.15) is 25.7 Å². The molecule has 2 nitrogen and oxygen atoms in total. The van der Waals surface area contributed by atoms with Crippen molar-refractivity contribution in [1.82, 2.24) is 0 Å². The summed E-state index contributed by atoms with van der Waals surface area (Å²) in [5.74, 6) is 7.09. The van der Waals surface area contributed by atoms with Crippen LogP contribution >= 0.6 is 35.3 Å². The molecule has 19 heavy (non-hydrogen) atoms. The fourth-order valence-corrected chi connectivity index (χ4v) is 7.65. The fraction of sp³-hybridized carbons (Fsp3) is 1.00. The van der Waals surface area contributed by atoms with Gasteiger partial charge in [-0.25, -0.2) is 0 Å². The summed E-state index contributed by atoms with van der Waals surface area (Å²) in [6.07, 6.45) is 4.88. The molecule has 0 aromatic heterocycles. The predicted octanol–water partition coefficient (Wildman–Crippen LogP) is 2.85. The zero-order chi connectivity index (χ0) is 13.1. The summed E-state index contributed by atoms with van der Waals surface area (Å²) in [5, 5.41) is 0.678. The van der Waals surface area contributed by atoms with Crippen LogP contribution in [0, 0.1) is 5.92 Å². The van der Waals surface area contributed by atoms with E-state index in [0.29, 0.717) is 17.2 Å². The fourth-order valence-electron chi connectivity index (χ4n) is 3.52. The molecule has 0 radical (unpaired) electrons. The van der Waals surface area contributed by atoms with Crippen molar-refractivity contribution >= 4 is 35.3 Å². The Kier molecular flexibility index (Phi) is 5.34. The van der Waals surface area contributed by atoms with Gasteiger partial charge in [-0.2, -0.15) is 35.3 Å². The lowest BCUT2D eigenvalue weighted by atomic mass is 9.78. The standard InChI is InChI=1S/C14H25NOS3/c15-13(12-10-18-7-8-19-12)11-1-4-16-14(9-11)2-5-17-6-3-14/h11-13H,1-10,15H2. The molecule has 0 bridgehead atoms. The topological polar surface area (TPSA) is 35.2 Å². The van der Waals surface area contributed by atoms with Crippen LogP contribution in [-0.4, -0.2) is 52.3 Å². The molecule has 5 heteroatoms. The number of ether oxygens (including phenoxy) is 1. The largest absolute Gasteiger partial charge is 0.375 e. The van der Waals surface area contributed by atoms with Crippen LogP contribution in [0.3, 0.4) is 0 Å².